The van der Waals surface area contributed by atoms with Crippen molar-refractivity contribution in [1.82, 2.24) is 20.9 Å². The van der Waals surface area contributed by atoms with E-state index in [1.807, 2.05) is 30.3 Å². The van der Waals surface area contributed by atoms with Crippen LogP contribution in [-0.2, 0) is 11.0 Å². The van der Waals surface area contributed by atoms with Gasteiger partial charge in [0.15, 0.2) is 0 Å². The topological polar surface area (TPSA) is 117 Å². The van der Waals surface area contributed by atoms with E-state index >= 15 is 0 Å². The third kappa shape index (κ3) is 7.14. The van der Waals surface area contributed by atoms with E-state index in [0.29, 0.717) is 31.1 Å². The summed E-state index contributed by atoms with van der Waals surface area (Å²) >= 11 is 1.57. The van der Waals surface area contributed by atoms with Gasteiger partial charge in [0, 0.05) is 22.7 Å². The second kappa shape index (κ2) is 11.7. The molecule has 1 saturated heterocycles. The Morgan fingerprint density at radius 1 is 1.06 bits per heavy atom. The average Bonchev–Trinajstić information content (AvgIpc) is 2.83. The first-order valence-electron chi connectivity index (χ1n) is 11.2. The van der Waals surface area contributed by atoms with Gasteiger partial charge in [-0.2, -0.15) is 13.2 Å². The number of likely N-dealkylation sites (tertiary alicyclic amines) is 1. The number of nitrogens with one attached hydrogen (secondary N) is 3. The van der Waals surface area contributed by atoms with Crippen LogP contribution in [0.3, 0.4) is 0 Å². The molecule has 3 amide bonds. The van der Waals surface area contributed by atoms with Crippen LogP contribution in [0.25, 0.3) is 0 Å². The van der Waals surface area contributed by atoms with Gasteiger partial charge in [0.05, 0.1) is 29.8 Å². The fourth-order valence-electron chi connectivity index (χ4n) is 3.87. The Hall–Kier alpha value is -3.25. The molecule has 1 aliphatic rings. The number of nitrogen functional groups attached to an aromatic ring is 1. The van der Waals surface area contributed by atoms with Crippen molar-refractivity contribution in [3.8, 4) is 0 Å². The maximum absolute atomic E-state index is 13.0. The molecule has 12 heteroatoms. The molecule has 0 spiro atoms. The van der Waals surface area contributed by atoms with E-state index in [-0.39, 0.29) is 23.2 Å². The number of amides is 3. The van der Waals surface area contributed by atoms with Crippen molar-refractivity contribution in [2.24, 2.45) is 0 Å². The van der Waals surface area contributed by atoms with Crippen LogP contribution in [-0.4, -0.2) is 67.6 Å². The predicted molar refractivity (Wildman–Crippen MR) is 132 cm³/mol. The minimum absolute atomic E-state index is 0.136. The summed E-state index contributed by atoms with van der Waals surface area (Å²) in [6.07, 6.45) is -2.09. The minimum Gasteiger partial charge on any atom is -0.398 e. The number of hydrogen-bond donors (Lipinski definition) is 4. The number of thioether (sulfide) groups is 1. The number of piperidine rings is 1. The Labute approximate surface area is 211 Å². The monoisotopic (exact) mass is 523 g/mol. The first-order valence-corrected chi connectivity index (χ1v) is 12.4. The SMILES string of the molecule is CSc1ccc(C(=O)N[C@@H]2CCN(C)C[C@@H]2NC(=O)CNC(=O)c2cc(C(F)(F)F)ccc2N)cc1. The first kappa shape index (κ1) is 27.3. The van der Waals surface area contributed by atoms with E-state index < -0.39 is 36.1 Å². The summed E-state index contributed by atoms with van der Waals surface area (Å²) in [4.78, 5) is 40.7. The van der Waals surface area contributed by atoms with Crippen molar-refractivity contribution >= 4 is 35.2 Å². The lowest BCUT2D eigenvalue weighted by Crippen LogP contribution is -2.60. The quantitative estimate of drug-likeness (QED) is 0.327. The van der Waals surface area contributed by atoms with E-state index in [1.54, 1.807) is 23.9 Å². The van der Waals surface area contributed by atoms with Crippen molar-refractivity contribution in [3.05, 3.63) is 59.2 Å². The maximum Gasteiger partial charge on any atom is 0.416 e. The lowest BCUT2D eigenvalue weighted by molar-refractivity contribution is -0.137. The molecule has 0 aromatic heterocycles. The standard InChI is InChI=1S/C24H28F3N5O3S/c1-32-10-9-19(31-22(34)14-3-6-16(36-2)7-4-14)20(13-32)30-21(33)12-29-23(35)17-11-15(24(25,26)27)5-8-18(17)28/h3-8,11,19-20H,9-10,12-13,28H2,1-2H3,(H,29,35)(H,30,33)(H,31,34)/t19-,20+/m1/s1. The van der Waals surface area contributed by atoms with Crippen LogP contribution >= 0.6 is 11.8 Å². The Balaban J connectivity index is 1.60. The van der Waals surface area contributed by atoms with Gasteiger partial charge in [-0.3, -0.25) is 14.4 Å². The number of halogens is 3. The summed E-state index contributed by atoms with van der Waals surface area (Å²) in [5, 5.41) is 8.09. The van der Waals surface area contributed by atoms with Crippen molar-refractivity contribution in [1.29, 1.82) is 0 Å². The molecular weight excluding hydrogens is 495 g/mol. The van der Waals surface area contributed by atoms with Crippen LogP contribution in [0, 0.1) is 0 Å². The van der Waals surface area contributed by atoms with Crippen molar-refractivity contribution in [2.45, 2.75) is 29.6 Å². The summed E-state index contributed by atoms with van der Waals surface area (Å²) in [6, 6.07) is 8.84. The number of nitrogens with two attached hydrogens (primary N) is 1. The second-order valence-electron chi connectivity index (χ2n) is 8.52. The van der Waals surface area contributed by atoms with Gasteiger partial charge in [-0.05, 0) is 68.7 Å². The second-order valence-corrected chi connectivity index (χ2v) is 9.40. The normalized spacial score (nSPS) is 18.4. The molecule has 194 valence electrons. The number of benzene rings is 2. The summed E-state index contributed by atoms with van der Waals surface area (Å²) in [5.74, 6) is -1.70. The number of anilines is 1. The van der Waals surface area contributed by atoms with Gasteiger partial charge in [-0.25, -0.2) is 0 Å². The summed E-state index contributed by atoms with van der Waals surface area (Å²) in [6.45, 7) is 0.719. The third-order valence-corrected chi connectivity index (χ3v) is 6.61. The molecule has 0 saturated carbocycles. The molecule has 2 aromatic carbocycles. The molecule has 3 rings (SSSR count). The van der Waals surface area contributed by atoms with Crippen LogP contribution in [0.15, 0.2) is 47.4 Å². The van der Waals surface area contributed by atoms with Gasteiger partial charge < -0.3 is 26.6 Å². The molecule has 1 heterocycles. The van der Waals surface area contributed by atoms with Crippen molar-refractivity contribution < 1.29 is 27.6 Å². The number of carbonyl (C=O) groups excluding carboxylic acids is 3. The molecule has 1 aliphatic heterocycles. The molecule has 36 heavy (non-hydrogen) atoms. The Morgan fingerprint density at radius 2 is 1.75 bits per heavy atom. The predicted octanol–water partition coefficient (Wildman–Crippen LogP) is 2.36. The lowest BCUT2D eigenvalue weighted by Gasteiger charge is -2.37. The Kier molecular flexibility index (Phi) is 8.85. The highest BCUT2D eigenvalue weighted by Crippen LogP contribution is 2.31. The van der Waals surface area contributed by atoms with Crippen LogP contribution in [0.4, 0.5) is 18.9 Å². The summed E-state index contributed by atoms with van der Waals surface area (Å²) in [5.41, 5.74) is 4.64. The number of alkyl halides is 3. The Morgan fingerprint density at radius 3 is 2.39 bits per heavy atom. The van der Waals surface area contributed by atoms with E-state index in [0.717, 1.165) is 17.0 Å². The van der Waals surface area contributed by atoms with Gasteiger partial charge >= 0.3 is 6.18 Å². The average molecular weight is 524 g/mol. The lowest BCUT2D eigenvalue weighted by atomic mass is 9.99. The molecule has 0 bridgehead atoms. The van der Waals surface area contributed by atoms with Crippen LogP contribution in [0.5, 0.6) is 0 Å². The third-order valence-electron chi connectivity index (χ3n) is 5.87. The molecule has 2 aromatic rings. The van der Waals surface area contributed by atoms with Gasteiger partial charge in [0.25, 0.3) is 11.8 Å². The first-order chi connectivity index (χ1) is 17.0. The fraction of sp³-hybridized carbons (Fsp3) is 0.375. The zero-order chi connectivity index (χ0) is 26.5. The van der Waals surface area contributed by atoms with Gasteiger partial charge in [-0.15, -0.1) is 11.8 Å². The van der Waals surface area contributed by atoms with E-state index in [2.05, 4.69) is 16.0 Å². The number of carbonyl (C=O) groups is 3. The smallest absolute Gasteiger partial charge is 0.398 e. The van der Waals surface area contributed by atoms with Crippen molar-refractivity contribution in [3.63, 3.8) is 0 Å². The zero-order valence-electron chi connectivity index (χ0n) is 19.8. The molecule has 0 unspecified atom stereocenters. The van der Waals surface area contributed by atoms with Crippen molar-refractivity contribution in [2.75, 3.05) is 38.7 Å². The van der Waals surface area contributed by atoms with Crippen LogP contribution < -0.4 is 21.7 Å². The highest BCUT2D eigenvalue weighted by atomic mass is 32.2. The number of hydrogen-bond acceptors (Lipinski definition) is 6. The Bertz CT molecular complexity index is 1110. The van der Waals surface area contributed by atoms with E-state index in [4.69, 9.17) is 5.73 Å². The minimum atomic E-state index is -4.64. The van der Waals surface area contributed by atoms with E-state index in [1.165, 1.54) is 0 Å². The number of rotatable bonds is 7. The number of nitrogens with zero attached hydrogens (tertiary/aromatic N) is 1. The molecule has 0 radical (unpaired) electrons. The molecule has 1 fully saturated rings. The van der Waals surface area contributed by atoms with Gasteiger partial charge in [0.2, 0.25) is 5.91 Å². The highest BCUT2D eigenvalue weighted by molar-refractivity contribution is 7.98. The van der Waals surface area contributed by atoms with Gasteiger partial charge in [-0.1, -0.05) is 0 Å². The zero-order valence-corrected chi connectivity index (χ0v) is 20.6. The van der Waals surface area contributed by atoms with Gasteiger partial charge in [0.1, 0.15) is 0 Å². The molecule has 8 nitrogen and oxygen atoms in total. The molecular formula is C24H28F3N5O3S. The fourth-order valence-corrected chi connectivity index (χ4v) is 4.28. The summed E-state index contributed by atoms with van der Waals surface area (Å²) in [7, 11) is 1.89. The highest BCUT2D eigenvalue weighted by Gasteiger charge is 2.32. The maximum atomic E-state index is 13.0. The largest absolute Gasteiger partial charge is 0.416 e. The number of likely N-dealkylation sites (N-methyl/N-ethyl adjacent to an activating group) is 1. The summed E-state index contributed by atoms with van der Waals surface area (Å²) < 4.78 is 38.9. The molecule has 0 aliphatic carbocycles. The van der Waals surface area contributed by atoms with Crippen LogP contribution in [0.2, 0.25) is 0 Å². The van der Waals surface area contributed by atoms with Crippen LogP contribution in [0.1, 0.15) is 32.7 Å². The van der Waals surface area contributed by atoms with E-state index in [9.17, 15) is 27.6 Å². The molecule has 2 atom stereocenters. The molecule has 5 N–H and O–H groups in total.